The summed E-state index contributed by atoms with van der Waals surface area (Å²) in [6, 6.07) is 0. The molecule has 12 aromatic rings. The number of esters is 1. The van der Waals surface area contributed by atoms with Crippen LogP contribution in [-0.4, -0.2) is 129 Å². The maximum Gasteiger partial charge on any atom is 0.302 e. The number of aliphatic hydroxyl groups is 1. The predicted octanol–water partition coefficient (Wildman–Crippen LogP) is -7.71. The second-order valence-corrected chi connectivity index (χ2v) is 27.5. The second-order valence-electron chi connectivity index (χ2n) is 27.5. The summed E-state index contributed by atoms with van der Waals surface area (Å²) in [5.74, 6) is -0.211. The van der Waals surface area contributed by atoms with Gasteiger partial charge in [0.1, 0.15) is 193 Å². The second kappa shape index (κ2) is 100. The number of halogens is 6. The summed E-state index contributed by atoms with van der Waals surface area (Å²) in [4.78, 5) is 9.82. The van der Waals surface area contributed by atoms with Gasteiger partial charge >= 0.3 is 5.97 Å². The molecule has 40 nitrogen and oxygen atoms in total. The summed E-state index contributed by atoms with van der Waals surface area (Å²) >= 11 is 0. The fraction of sp³-hybridized carbons (Fsp3) is 0.560. The zero-order valence-electron chi connectivity index (χ0n) is 86.1. The molecular weight excluding hydrogens is 1780 g/mol. The van der Waals surface area contributed by atoms with Crippen molar-refractivity contribution in [3.63, 3.8) is 0 Å². The van der Waals surface area contributed by atoms with Gasteiger partial charge in [-0.1, -0.05) is 39.5 Å². The van der Waals surface area contributed by atoms with Crippen molar-refractivity contribution in [2.75, 3.05) is 13.2 Å². The van der Waals surface area contributed by atoms with E-state index in [0.717, 1.165) is 78.5 Å². The Bertz CT molecular complexity index is 3510. The lowest BCUT2D eigenvalue weighted by atomic mass is 10.2. The highest BCUT2D eigenvalue weighted by Gasteiger charge is 2.01. The molecule has 0 amide bonds. The van der Waals surface area contributed by atoms with E-state index in [0.29, 0.717) is 6.61 Å². The minimum Gasteiger partial charge on any atom is -0.867 e. The average molecular weight is 1940 g/mol. The molecular formula is C84H162B6F6N24O16. The summed E-state index contributed by atoms with van der Waals surface area (Å²) in [6.45, 7) is 48.2. The van der Waals surface area contributed by atoms with Crippen LogP contribution in [0.2, 0.25) is 0 Å². The smallest absolute Gasteiger partial charge is 0.302 e. The summed E-state index contributed by atoms with van der Waals surface area (Å²) in [7, 11) is 5.24. The Kier molecular flexibility index (Phi) is 108. The monoisotopic (exact) mass is 1940 g/mol. The third-order valence-corrected chi connectivity index (χ3v) is 15.6. The maximum atomic E-state index is 9.89. The van der Waals surface area contributed by atoms with Crippen molar-refractivity contribution in [2.24, 2.45) is 84.6 Å². The molecule has 0 aromatic carbocycles. The molecule has 0 bridgehead atoms. The van der Waals surface area contributed by atoms with Crippen LogP contribution >= 0.6 is 0 Å². The molecule has 774 valence electrons. The first-order valence-corrected chi connectivity index (χ1v) is 44.0. The Morgan fingerprint density at radius 1 is 0.243 bits per heavy atom. The molecule has 0 aliphatic carbocycles. The van der Waals surface area contributed by atoms with Crippen LogP contribution in [0.4, 0.5) is 25.9 Å². The zero-order chi connectivity index (χ0) is 106. The maximum absolute atomic E-state index is 9.89. The lowest BCUT2D eigenvalue weighted by molar-refractivity contribution is -0.693. The van der Waals surface area contributed by atoms with Crippen LogP contribution in [-0.2, 0) is 173 Å². The Labute approximate surface area is 807 Å². The highest BCUT2D eigenvalue weighted by Crippen LogP contribution is 1.95. The van der Waals surface area contributed by atoms with E-state index in [-0.39, 0.29) is 18.1 Å². The lowest BCUT2D eigenvalue weighted by Crippen LogP contribution is -2.39. The number of ether oxygens (including phenoxy) is 1. The predicted molar refractivity (Wildman–Crippen MR) is 485 cm³/mol. The standard InChI is InChI=1S/12C6H11N2.C6H14.C4H8O2.C2H6O.6BFO2.H2O/c12*1-3-8-5-4-7(2)6-8;1-3-5-6-4-2;1-3-6-4(2)5;1-2-3;6*2-1(3)4;/h12*4-6H,3H2,1-2H3;3-6H2,1-2H3;3H2,1-2H3;3H,2H2,1H3;;;;;;;1H2/q12*+1;;;;6*-2;. The Balaban J connectivity index is -0.000000154. The topological polar surface area (TPSA) is 460 Å². The third kappa shape index (κ3) is 114. The summed E-state index contributed by atoms with van der Waals surface area (Å²) in [6.07, 6.45) is 79.2. The molecule has 0 unspecified atom stereocenters. The number of imidazole rings is 12. The van der Waals surface area contributed by atoms with E-state index in [9.17, 15) is 30.7 Å². The van der Waals surface area contributed by atoms with Gasteiger partial charge in [-0.05, 0) is 96.9 Å². The Hall–Kier alpha value is -10.6. The molecule has 0 fully saturated rings. The van der Waals surface area contributed by atoms with E-state index in [1.165, 1.54) is 32.6 Å². The SMILES string of the molecule is CCCCCC.CCO.CCOC(C)=O.CC[n+]1ccn(C)c1.CC[n+]1ccn(C)c1.CC[n+]1ccn(C)c1.CC[n+]1ccn(C)c1.CC[n+]1ccn(C)c1.CC[n+]1ccn(C)c1.CC[n+]1ccn(C)c1.CC[n+]1ccn(C)c1.CC[n+]1ccn(C)c1.CC[n+]1ccn(C)c1.CC[n+]1ccn(C)c1.CC[n+]1ccn(C)c1.O.[O-]B([O-])F.[O-]B([O-])F.[O-]B([O-])F.[O-]B([O-])F.[O-]B([O-])F.[O-]B([O-])F. The average Bonchev–Trinajstić information content (AvgIpc) is 1.92. The number of aromatic nitrogens is 24. The number of unbranched alkanes of at least 4 members (excludes halogenated alkanes) is 3. The van der Waals surface area contributed by atoms with E-state index in [1.54, 1.807) is 13.8 Å². The van der Waals surface area contributed by atoms with Crippen molar-refractivity contribution in [3.8, 4) is 0 Å². The molecule has 0 atom stereocenters. The van der Waals surface area contributed by atoms with Crippen molar-refractivity contribution in [1.29, 1.82) is 0 Å². The number of hydrogen-bond donors (Lipinski definition) is 1. The number of hydrogen-bond acceptors (Lipinski definition) is 15. The van der Waals surface area contributed by atoms with Crippen LogP contribution < -0.4 is 115 Å². The molecule has 12 aromatic heterocycles. The Morgan fingerprint density at radius 3 is 0.346 bits per heavy atom. The highest BCUT2D eigenvalue weighted by molar-refractivity contribution is 6.28. The first-order chi connectivity index (χ1) is 63.4. The molecule has 0 saturated carbocycles. The number of aliphatic hydroxyl groups excluding tert-OH is 1. The molecule has 0 radical (unpaired) electrons. The summed E-state index contributed by atoms with van der Waals surface area (Å²) in [5.41, 5.74) is 0. The van der Waals surface area contributed by atoms with Crippen molar-refractivity contribution >= 4 is 50.3 Å². The summed E-state index contributed by atoms with van der Waals surface area (Å²) in [5, 5.41) is 107. The van der Waals surface area contributed by atoms with Crippen molar-refractivity contribution in [3.05, 3.63) is 225 Å². The van der Waals surface area contributed by atoms with Crippen LogP contribution in [0.1, 0.15) is 143 Å². The number of aryl methyl sites for hydroxylation is 24. The van der Waals surface area contributed by atoms with E-state index in [4.69, 9.17) is 65.4 Å². The minimum absolute atomic E-state index is 0. The van der Waals surface area contributed by atoms with Gasteiger partial charge in [0, 0.05) is 13.5 Å². The molecule has 3 N–H and O–H groups in total. The minimum atomic E-state index is -3.17. The first kappa shape index (κ1) is 146. The van der Waals surface area contributed by atoms with Gasteiger partial charge in [0.25, 0.3) is 0 Å². The highest BCUT2D eigenvalue weighted by atomic mass is 19.1. The molecule has 52 heteroatoms. The van der Waals surface area contributed by atoms with Gasteiger partial charge in [0.15, 0.2) is 0 Å². The van der Waals surface area contributed by atoms with Crippen molar-refractivity contribution in [2.45, 2.75) is 222 Å². The van der Waals surface area contributed by atoms with Gasteiger partial charge in [0.2, 0.25) is 75.9 Å². The third-order valence-electron chi connectivity index (χ3n) is 15.6. The van der Waals surface area contributed by atoms with E-state index in [2.05, 4.69) is 307 Å². The van der Waals surface area contributed by atoms with E-state index >= 15 is 0 Å². The summed E-state index contributed by atoms with van der Waals surface area (Å²) < 4.78 is 114. The van der Waals surface area contributed by atoms with Crippen LogP contribution in [0.25, 0.3) is 0 Å². The number of carbonyl (C=O) groups excluding carboxylic acids is 1. The van der Waals surface area contributed by atoms with Crippen molar-refractivity contribution in [1.82, 2.24) is 54.8 Å². The van der Waals surface area contributed by atoms with Crippen molar-refractivity contribution < 1.29 is 161 Å². The van der Waals surface area contributed by atoms with Crippen LogP contribution in [0, 0.1) is 0 Å². The number of rotatable bonds is 16. The van der Waals surface area contributed by atoms with Crippen LogP contribution in [0.15, 0.2) is 225 Å². The first-order valence-electron chi connectivity index (χ1n) is 44.0. The molecule has 136 heavy (non-hydrogen) atoms. The largest absolute Gasteiger partial charge is 0.867 e. The van der Waals surface area contributed by atoms with Gasteiger partial charge in [-0.2, -0.15) is 0 Å². The molecule has 0 spiro atoms. The van der Waals surface area contributed by atoms with Gasteiger partial charge in [-0.15, -0.1) is 0 Å². The lowest BCUT2D eigenvalue weighted by Gasteiger charge is -2.09. The van der Waals surface area contributed by atoms with Crippen LogP contribution in [0.5, 0.6) is 0 Å². The fourth-order valence-electron chi connectivity index (χ4n) is 8.97. The normalized spacial score (nSPS) is 8.94. The Morgan fingerprint density at radius 2 is 0.324 bits per heavy atom. The van der Waals surface area contributed by atoms with Crippen LogP contribution in [0.3, 0.4) is 0 Å². The fourth-order valence-corrected chi connectivity index (χ4v) is 8.97. The number of carbonyl (C=O) groups is 1. The van der Waals surface area contributed by atoms with E-state index < -0.39 is 44.4 Å². The molecule has 12 rings (SSSR count). The number of nitrogens with zero attached hydrogens (tertiary/aromatic N) is 24. The van der Waals surface area contributed by atoms with Gasteiger partial charge in [-0.25, -0.2) is 110 Å². The van der Waals surface area contributed by atoms with Gasteiger partial charge < -0.3 is 102 Å². The quantitative estimate of drug-likeness (QED) is 0.0309. The molecule has 0 aliphatic heterocycles. The van der Waals surface area contributed by atoms with E-state index in [1.807, 2.05) is 214 Å². The molecule has 0 aliphatic rings. The molecule has 0 saturated heterocycles. The molecule has 12 heterocycles. The zero-order valence-corrected chi connectivity index (χ0v) is 86.1. The van der Waals surface area contributed by atoms with Gasteiger partial charge in [-0.3, -0.25) is 4.79 Å². The van der Waals surface area contributed by atoms with Gasteiger partial charge in [0.05, 0.1) is 170 Å².